The first-order valence-electron chi connectivity index (χ1n) is 5.83. The van der Waals surface area contributed by atoms with Crippen molar-refractivity contribution in [2.45, 2.75) is 32.7 Å². The Morgan fingerprint density at radius 1 is 1.47 bits per heavy atom. The van der Waals surface area contributed by atoms with E-state index >= 15 is 0 Å². The minimum atomic E-state index is -0.289. The molecule has 0 fully saturated rings. The normalized spacial score (nSPS) is 12.2. The van der Waals surface area contributed by atoms with Crippen LogP contribution in [0.3, 0.4) is 0 Å². The zero-order valence-electron chi connectivity index (χ0n) is 10.5. The molecule has 1 atom stereocenters. The van der Waals surface area contributed by atoms with E-state index in [4.69, 9.17) is 10.5 Å². The molecule has 1 aromatic rings. The van der Waals surface area contributed by atoms with Crippen molar-refractivity contribution in [1.82, 2.24) is 0 Å². The topological polar surface area (TPSA) is 35.2 Å². The van der Waals surface area contributed by atoms with Crippen molar-refractivity contribution in [3.05, 3.63) is 41.7 Å². The molecule has 0 amide bonds. The van der Waals surface area contributed by atoms with Crippen LogP contribution in [-0.2, 0) is 6.42 Å². The molecule has 0 spiro atoms. The van der Waals surface area contributed by atoms with Crippen LogP contribution in [0.15, 0.2) is 30.4 Å². The fourth-order valence-corrected chi connectivity index (χ4v) is 1.48. The van der Waals surface area contributed by atoms with E-state index in [1.54, 1.807) is 0 Å². The summed E-state index contributed by atoms with van der Waals surface area (Å²) in [5, 5.41) is 0. The number of hydrogen-bond donors (Lipinski definition) is 1. The van der Waals surface area contributed by atoms with Crippen LogP contribution in [0.1, 0.15) is 25.8 Å². The predicted octanol–water partition coefficient (Wildman–Crippen LogP) is 3.06. The van der Waals surface area contributed by atoms with Crippen molar-refractivity contribution < 1.29 is 9.13 Å². The molecule has 0 aliphatic rings. The lowest BCUT2D eigenvalue weighted by Gasteiger charge is -2.11. The second-order valence-electron chi connectivity index (χ2n) is 4.41. The van der Waals surface area contributed by atoms with Crippen LogP contribution < -0.4 is 10.5 Å². The molecule has 1 unspecified atom stereocenters. The lowest BCUT2D eigenvalue weighted by molar-refractivity contribution is 0.350. The van der Waals surface area contributed by atoms with E-state index in [-0.39, 0.29) is 11.9 Å². The molecule has 2 N–H and O–H groups in total. The molecule has 2 nitrogen and oxygen atoms in total. The van der Waals surface area contributed by atoms with E-state index < -0.39 is 0 Å². The first kappa shape index (κ1) is 13.7. The summed E-state index contributed by atoms with van der Waals surface area (Å²) < 4.78 is 18.8. The highest BCUT2D eigenvalue weighted by atomic mass is 19.1. The van der Waals surface area contributed by atoms with Crippen molar-refractivity contribution in [2.75, 3.05) is 6.61 Å². The highest BCUT2D eigenvalue weighted by molar-refractivity contribution is 5.30. The fourth-order valence-electron chi connectivity index (χ4n) is 1.48. The molecule has 0 aliphatic carbocycles. The van der Waals surface area contributed by atoms with Gasteiger partial charge in [0, 0.05) is 12.1 Å². The molecule has 0 heterocycles. The molecule has 94 valence electrons. The minimum Gasteiger partial charge on any atom is -0.489 e. The quantitative estimate of drug-likeness (QED) is 0.772. The van der Waals surface area contributed by atoms with Gasteiger partial charge in [0.25, 0.3) is 0 Å². The van der Waals surface area contributed by atoms with Gasteiger partial charge in [-0.15, -0.1) is 0 Å². The van der Waals surface area contributed by atoms with Crippen LogP contribution in [0.4, 0.5) is 4.39 Å². The monoisotopic (exact) mass is 237 g/mol. The summed E-state index contributed by atoms with van der Waals surface area (Å²) in [4.78, 5) is 0. The SMILES string of the molecule is C=C(C)COc1cc(F)cc(CC(N)CC)c1. The van der Waals surface area contributed by atoms with Crippen molar-refractivity contribution in [3.8, 4) is 5.75 Å². The lowest BCUT2D eigenvalue weighted by atomic mass is 10.0. The van der Waals surface area contributed by atoms with Gasteiger partial charge in [-0.05, 0) is 43.0 Å². The Bertz CT molecular complexity index is 390. The fraction of sp³-hybridized carbons (Fsp3) is 0.429. The Balaban J connectivity index is 2.75. The minimum absolute atomic E-state index is 0.0609. The maximum atomic E-state index is 13.4. The number of halogens is 1. The van der Waals surface area contributed by atoms with Gasteiger partial charge in [0.15, 0.2) is 0 Å². The van der Waals surface area contributed by atoms with E-state index in [0.717, 1.165) is 17.6 Å². The van der Waals surface area contributed by atoms with Gasteiger partial charge in [-0.3, -0.25) is 0 Å². The molecule has 0 aliphatic heterocycles. The molecule has 0 radical (unpaired) electrons. The summed E-state index contributed by atoms with van der Waals surface area (Å²) in [6.45, 7) is 8.03. The van der Waals surface area contributed by atoms with Crippen molar-refractivity contribution in [1.29, 1.82) is 0 Å². The first-order chi connectivity index (χ1) is 8.01. The van der Waals surface area contributed by atoms with Crippen LogP contribution in [0.25, 0.3) is 0 Å². The summed E-state index contributed by atoms with van der Waals surface area (Å²) in [5.74, 6) is 0.244. The second-order valence-corrected chi connectivity index (χ2v) is 4.41. The average Bonchev–Trinajstić information content (AvgIpc) is 2.25. The molecular formula is C14H20FNO. The largest absolute Gasteiger partial charge is 0.489 e. The van der Waals surface area contributed by atoms with Gasteiger partial charge >= 0.3 is 0 Å². The molecule has 0 saturated carbocycles. The third-order valence-electron chi connectivity index (χ3n) is 2.44. The summed E-state index contributed by atoms with van der Waals surface area (Å²) in [6, 6.07) is 4.78. The smallest absolute Gasteiger partial charge is 0.127 e. The molecule has 1 rings (SSSR count). The summed E-state index contributed by atoms with van der Waals surface area (Å²) in [5.41, 5.74) is 7.63. The zero-order chi connectivity index (χ0) is 12.8. The molecular weight excluding hydrogens is 217 g/mol. The third-order valence-corrected chi connectivity index (χ3v) is 2.44. The van der Waals surface area contributed by atoms with Gasteiger partial charge in [0.2, 0.25) is 0 Å². The molecule has 0 aromatic heterocycles. The number of nitrogens with two attached hydrogens (primary N) is 1. The standard InChI is InChI=1S/C14H20FNO/c1-4-13(16)6-11-5-12(15)8-14(7-11)17-9-10(2)3/h5,7-8,13H,2,4,6,9,16H2,1,3H3. The van der Waals surface area contributed by atoms with Crippen molar-refractivity contribution in [3.63, 3.8) is 0 Å². The van der Waals surface area contributed by atoms with E-state index in [2.05, 4.69) is 6.58 Å². The van der Waals surface area contributed by atoms with Crippen LogP contribution in [-0.4, -0.2) is 12.6 Å². The number of hydrogen-bond acceptors (Lipinski definition) is 2. The van der Waals surface area contributed by atoms with Gasteiger partial charge in [-0.25, -0.2) is 4.39 Å². The van der Waals surface area contributed by atoms with Crippen LogP contribution in [0, 0.1) is 5.82 Å². The van der Waals surface area contributed by atoms with Gasteiger partial charge in [-0.1, -0.05) is 13.5 Å². The van der Waals surface area contributed by atoms with Gasteiger partial charge in [0.05, 0.1) is 0 Å². The molecule has 17 heavy (non-hydrogen) atoms. The summed E-state index contributed by atoms with van der Waals surface area (Å²) in [6.07, 6.45) is 1.54. The van der Waals surface area contributed by atoms with Crippen molar-refractivity contribution in [2.24, 2.45) is 5.73 Å². The van der Waals surface area contributed by atoms with E-state index in [0.29, 0.717) is 18.8 Å². The van der Waals surface area contributed by atoms with E-state index in [9.17, 15) is 4.39 Å². The van der Waals surface area contributed by atoms with Crippen LogP contribution in [0.2, 0.25) is 0 Å². The Morgan fingerprint density at radius 2 is 2.18 bits per heavy atom. The van der Waals surface area contributed by atoms with Gasteiger partial charge in [-0.2, -0.15) is 0 Å². The first-order valence-corrected chi connectivity index (χ1v) is 5.83. The Kier molecular flexibility index (Phi) is 5.16. The summed E-state index contributed by atoms with van der Waals surface area (Å²) in [7, 11) is 0. The predicted molar refractivity (Wildman–Crippen MR) is 68.7 cm³/mol. The molecule has 3 heteroatoms. The van der Waals surface area contributed by atoms with Gasteiger partial charge < -0.3 is 10.5 Å². The Morgan fingerprint density at radius 3 is 2.76 bits per heavy atom. The van der Waals surface area contributed by atoms with Crippen LogP contribution >= 0.6 is 0 Å². The second kappa shape index (κ2) is 6.40. The Labute approximate surface area is 102 Å². The highest BCUT2D eigenvalue weighted by Gasteiger charge is 2.06. The molecule has 0 saturated heterocycles. The zero-order valence-corrected chi connectivity index (χ0v) is 10.5. The molecule has 1 aromatic carbocycles. The van der Waals surface area contributed by atoms with E-state index in [1.807, 2.05) is 19.9 Å². The highest BCUT2D eigenvalue weighted by Crippen LogP contribution is 2.18. The maximum Gasteiger partial charge on any atom is 0.127 e. The maximum absolute atomic E-state index is 13.4. The van der Waals surface area contributed by atoms with Crippen LogP contribution in [0.5, 0.6) is 5.75 Å². The third kappa shape index (κ3) is 5.00. The average molecular weight is 237 g/mol. The van der Waals surface area contributed by atoms with E-state index in [1.165, 1.54) is 12.1 Å². The Hall–Kier alpha value is -1.35. The molecule has 0 bridgehead atoms. The summed E-state index contributed by atoms with van der Waals surface area (Å²) >= 11 is 0. The lowest BCUT2D eigenvalue weighted by Crippen LogP contribution is -2.21. The number of ether oxygens (including phenoxy) is 1. The van der Waals surface area contributed by atoms with Crippen molar-refractivity contribution >= 4 is 0 Å². The van der Waals surface area contributed by atoms with Gasteiger partial charge in [0.1, 0.15) is 18.2 Å². The number of rotatable bonds is 6. The number of benzene rings is 1.